The first kappa shape index (κ1) is 30.9. The highest BCUT2D eigenvalue weighted by atomic mass is 19.2. The first-order valence-electron chi connectivity index (χ1n) is 14.5. The number of terminal acetylenes is 1. The molecule has 1 unspecified atom stereocenters. The van der Waals surface area contributed by atoms with Crippen molar-refractivity contribution in [2.24, 2.45) is 0 Å². The number of alkyl halides is 2. The van der Waals surface area contributed by atoms with Crippen LogP contribution in [0.5, 0.6) is 11.6 Å². The predicted molar refractivity (Wildman–Crippen MR) is 166 cm³/mol. The fourth-order valence-electron chi connectivity index (χ4n) is 5.77. The van der Waals surface area contributed by atoms with E-state index in [-0.39, 0.29) is 29.6 Å². The van der Waals surface area contributed by atoms with E-state index >= 15 is 8.78 Å². The molecule has 10 nitrogen and oxygen atoms in total. The van der Waals surface area contributed by atoms with Crippen LogP contribution in [-0.4, -0.2) is 67.7 Å². The molecule has 1 aliphatic rings. The molecule has 6 rings (SSSR count). The Balaban J connectivity index is 1.59. The Morgan fingerprint density at radius 3 is 2.15 bits per heavy atom. The Hall–Kier alpha value is -5.09. The van der Waals surface area contributed by atoms with Gasteiger partial charge >= 0.3 is 0 Å². The molecule has 12 heteroatoms. The van der Waals surface area contributed by atoms with Gasteiger partial charge in [-0.2, -0.15) is 9.97 Å². The molecule has 4 atom stereocenters. The lowest BCUT2D eigenvalue weighted by molar-refractivity contribution is -0.206. The number of aliphatic hydroxyl groups excluding tert-OH is 2. The Morgan fingerprint density at radius 2 is 1.61 bits per heavy atom. The smallest absolute Gasteiger partial charge is 0.264 e. The molecule has 5 aromatic rings. The molecule has 0 bridgehead atoms. The van der Waals surface area contributed by atoms with Crippen molar-refractivity contribution >= 4 is 17.1 Å². The molecule has 236 valence electrons. The maximum atomic E-state index is 16.1. The molecular formula is C34H31F2N5O5. The summed E-state index contributed by atoms with van der Waals surface area (Å²) in [5.74, 6) is -0.618. The highest BCUT2D eigenvalue weighted by Crippen LogP contribution is 2.48. The number of aliphatic hydroxyl groups is 2. The highest BCUT2D eigenvalue weighted by Gasteiger charge is 2.66. The van der Waals surface area contributed by atoms with E-state index in [2.05, 4.69) is 15.3 Å². The number of nitrogens with zero attached hydrogens (tertiary/aromatic N) is 4. The van der Waals surface area contributed by atoms with Gasteiger partial charge in [0.15, 0.2) is 23.5 Å². The molecule has 46 heavy (non-hydrogen) atoms. The van der Waals surface area contributed by atoms with Crippen molar-refractivity contribution in [1.82, 2.24) is 19.5 Å². The van der Waals surface area contributed by atoms with Gasteiger partial charge in [0.05, 0.1) is 20.0 Å². The minimum Gasteiger partial charge on any atom is -0.497 e. The van der Waals surface area contributed by atoms with Gasteiger partial charge in [0, 0.05) is 0 Å². The lowest BCUT2D eigenvalue weighted by atomic mass is 9.77. The maximum Gasteiger partial charge on any atom is 0.264 e. The summed E-state index contributed by atoms with van der Waals surface area (Å²) in [6.07, 6.45) is 2.15. The van der Waals surface area contributed by atoms with Crippen LogP contribution in [0.15, 0.2) is 91.3 Å². The molecule has 3 aromatic carbocycles. The van der Waals surface area contributed by atoms with E-state index in [0.717, 1.165) is 27.6 Å². The second kappa shape index (κ2) is 12.0. The minimum atomic E-state index is -3.18. The molecule has 0 saturated carbocycles. The largest absolute Gasteiger partial charge is 0.497 e. The molecule has 0 radical (unpaired) electrons. The fraction of sp³-hybridized carbons (Fsp3) is 0.265. The van der Waals surface area contributed by atoms with Gasteiger partial charge in [-0.1, -0.05) is 78.7 Å². The summed E-state index contributed by atoms with van der Waals surface area (Å²) < 4.78 is 49.0. The van der Waals surface area contributed by atoms with Crippen LogP contribution in [-0.2, 0) is 10.3 Å². The molecule has 3 N–H and O–H groups in total. The molecule has 1 aliphatic heterocycles. The number of hydrogen-bond donors (Lipinski definition) is 3. The molecular weight excluding hydrogens is 596 g/mol. The number of benzene rings is 3. The van der Waals surface area contributed by atoms with Crippen LogP contribution >= 0.6 is 0 Å². The summed E-state index contributed by atoms with van der Waals surface area (Å²) in [4.78, 5) is 13.7. The van der Waals surface area contributed by atoms with E-state index in [1.807, 2.05) is 90.8 Å². The van der Waals surface area contributed by atoms with Crippen molar-refractivity contribution in [2.75, 3.05) is 25.6 Å². The molecule has 2 aromatic heterocycles. The summed E-state index contributed by atoms with van der Waals surface area (Å²) in [7, 11) is 1.59. The third-order valence-electron chi connectivity index (χ3n) is 8.07. The van der Waals surface area contributed by atoms with Crippen molar-refractivity contribution in [1.29, 1.82) is 0 Å². The summed E-state index contributed by atoms with van der Waals surface area (Å²) in [6.45, 7) is 0.621. The van der Waals surface area contributed by atoms with E-state index in [1.54, 1.807) is 14.0 Å². The van der Waals surface area contributed by atoms with Gasteiger partial charge in [-0.25, -0.2) is 13.8 Å². The van der Waals surface area contributed by atoms with Crippen molar-refractivity contribution in [3.63, 3.8) is 0 Å². The zero-order valence-corrected chi connectivity index (χ0v) is 25.0. The molecule has 0 amide bonds. The molecule has 0 spiro atoms. The third kappa shape index (κ3) is 4.89. The topological polar surface area (TPSA) is 124 Å². The van der Waals surface area contributed by atoms with Crippen LogP contribution in [0.3, 0.4) is 0 Å². The van der Waals surface area contributed by atoms with E-state index < -0.39 is 36.0 Å². The van der Waals surface area contributed by atoms with Crippen LogP contribution < -0.4 is 14.8 Å². The number of methoxy groups -OCH3 is 1. The van der Waals surface area contributed by atoms with Gasteiger partial charge in [-0.3, -0.25) is 4.57 Å². The average Bonchev–Trinajstić information content (AvgIpc) is 3.61. The van der Waals surface area contributed by atoms with Gasteiger partial charge in [0.2, 0.25) is 17.5 Å². The fourth-order valence-corrected chi connectivity index (χ4v) is 5.77. The van der Waals surface area contributed by atoms with Crippen LogP contribution in [0.2, 0.25) is 0 Å². The first-order valence-corrected chi connectivity index (χ1v) is 14.5. The van der Waals surface area contributed by atoms with Crippen molar-refractivity contribution < 1.29 is 33.2 Å². The third-order valence-corrected chi connectivity index (χ3v) is 8.07. The number of halogens is 2. The first-order chi connectivity index (χ1) is 22.2. The number of fused-ring (bicyclic) bond motifs is 1. The van der Waals surface area contributed by atoms with Gasteiger partial charge in [-0.05, 0) is 35.7 Å². The van der Waals surface area contributed by atoms with Gasteiger partial charge < -0.3 is 29.7 Å². The summed E-state index contributed by atoms with van der Waals surface area (Å²) >= 11 is 0. The molecule has 1 saturated heterocycles. The van der Waals surface area contributed by atoms with Crippen molar-refractivity contribution in [3.05, 3.63) is 108 Å². The number of nitrogens with one attached hydrogen (secondary N) is 1. The normalized spacial score (nSPS) is 22.8. The van der Waals surface area contributed by atoms with E-state index in [0.29, 0.717) is 5.75 Å². The summed E-state index contributed by atoms with van der Waals surface area (Å²) in [6, 6.07) is 26.8. The summed E-state index contributed by atoms with van der Waals surface area (Å²) in [5, 5.41) is 23.6. The second-order valence-electron chi connectivity index (χ2n) is 10.7. The standard InChI is InChI=1S/C34H31F2N5O5/c1-4-32(35)29(43)33(36,20-42)46-30(32)41-21-37-26-27(41)38-31(39-28(26)45-5-2)40-34(22-12-8-6-9-13-22,23-14-10-7-11-15-23)24-16-18-25(44-3)19-17-24/h1,6-19,21,29-30,42-43H,5,20H2,2-3H3,(H,38,39,40)/t29?,30-,32-,33-/m1/s1. The average molecular weight is 628 g/mol. The van der Waals surface area contributed by atoms with E-state index in [1.165, 1.54) is 0 Å². The highest BCUT2D eigenvalue weighted by molar-refractivity contribution is 5.78. The summed E-state index contributed by atoms with van der Waals surface area (Å²) in [5.41, 5.74) is -1.61. The number of rotatable bonds is 10. The Labute approximate surface area is 263 Å². The zero-order chi connectivity index (χ0) is 32.5. The van der Waals surface area contributed by atoms with E-state index in [9.17, 15) is 10.2 Å². The Bertz CT molecular complexity index is 1830. The molecule has 1 fully saturated rings. The van der Waals surface area contributed by atoms with Crippen molar-refractivity contribution in [3.8, 4) is 24.0 Å². The van der Waals surface area contributed by atoms with Gasteiger partial charge in [0.1, 0.15) is 17.9 Å². The quantitative estimate of drug-likeness (QED) is 0.151. The number of aromatic nitrogens is 4. The Kier molecular flexibility index (Phi) is 8.08. The van der Waals surface area contributed by atoms with Gasteiger partial charge in [-0.15, -0.1) is 6.42 Å². The maximum absolute atomic E-state index is 16.1. The number of imidazole rings is 1. The van der Waals surface area contributed by atoms with Crippen molar-refractivity contribution in [2.45, 2.75) is 36.3 Å². The van der Waals surface area contributed by atoms with Crippen LogP contribution in [0.1, 0.15) is 29.8 Å². The predicted octanol–water partition coefficient (Wildman–Crippen LogP) is 4.53. The second-order valence-corrected chi connectivity index (χ2v) is 10.7. The SMILES string of the molecule is C#C[C@@]1(F)C(O)[C@@](F)(CO)O[C@H]1n1cnc2c(OCC)nc(NC(c3ccccc3)(c3ccccc3)c3ccc(OC)cc3)nc21. The number of anilines is 1. The van der Waals surface area contributed by atoms with Crippen LogP contribution in [0, 0.1) is 12.3 Å². The van der Waals surface area contributed by atoms with E-state index in [4.69, 9.17) is 25.6 Å². The Morgan fingerprint density at radius 1 is 1.00 bits per heavy atom. The zero-order valence-electron chi connectivity index (χ0n) is 25.0. The molecule has 0 aliphatic carbocycles. The lowest BCUT2D eigenvalue weighted by Gasteiger charge is -2.37. The number of ether oxygens (including phenoxy) is 3. The molecule has 3 heterocycles. The van der Waals surface area contributed by atoms with Crippen LogP contribution in [0.25, 0.3) is 11.2 Å². The lowest BCUT2D eigenvalue weighted by Crippen LogP contribution is -2.47. The minimum absolute atomic E-state index is 0.0256. The number of hydrogen-bond acceptors (Lipinski definition) is 9. The monoisotopic (exact) mass is 627 g/mol. The van der Waals surface area contributed by atoms with Crippen LogP contribution in [0.4, 0.5) is 14.7 Å². The van der Waals surface area contributed by atoms with Gasteiger partial charge in [0.25, 0.3) is 5.85 Å².